The van der Waals surface area contributed by atoms with Crippen LogP contribution in [0.15, 0.2) is 39.9 Å². The number of hydrazone groups is 1. The Balaban J connectivity index is 1.46. The van der Waals surface area contributed by atoms with Gasteiger partial charge in [-0.3, -0.25) is 9.83 Å². The highest BCUT2D eigenvalue weighted by molar-refractivity contribution is 7.89. The third-order valence-electron chi connectivity index (χ3n) is 4.31. The smallest absolute Gasteiger partial charge is 0.244 e. The van der Waals surface area contributed by atoms with Gasteiger partial charge in [-0.15, -0.1) is 11.3 Å². The number of thiazole rings is 1. The van der Waals surface area contributed by atoms with Crippen molar-refractivity contribution in [3.63, 3.8) is 0 Å². The Morgan fingerprint density at radius 3 is 2.81 bits per heavy atom. The summed E-state index contributed by atoms with van der Waals surface area (Å²) in [6, 6.07) is 3.13. The number of pyridine rings is 1. The molecule has 1 aliphatic heterocycles. The number of nitrogens with one attached hydrogen (secondary N) is 1. The van der Waals surface area contributed by atoms with E-state index in [1.165, 1.54) is 27.9 Å². The Bertz CT molecular complexity index is 1070. The minimum absolute atomic E-state index is 0.192. The third kappa shape index (κ3) is 3.70. The van der Waals surface area contributed by atoms with Crippen LogP contribution in [0.25, 0.3) is 4.96 Å². The Labute approximate surface area is 165 Å². The number of halogens is 1. The molecule has 0 bridgehead atoms. The van der Waals surface area contributed by atoms with Gasteiger partial charge in [-0.05, 0) is 25.0 Å². The van der Waals surface area contributed by atoms with E-state index in [2.05, 4.69) is 20.5 Å². The van der Waals surface area contributed by atoms with Crippen LogP contribution in [0, 0.1) is 0 Å². The molecule has 1 aliphatic rings. The molecule has 0 saturated carbocycles. The van der Waals surface area contributed by atoms with Crippen LogP contribution in [0.4, 0.5) is 5.82 Å². The Morgan fingerprint density at radius 2 is 2.07 bits per heavy atom. The van der Waals surface area contributed by atoms with Crippen LogP contribution in [0.3, 0.4) is 0 Å². The van der Waals surface area contributed by atoms with E-state index in [1.807, 2.05) is 16.0 Å². The molecular formula is C16H17ClN6O2S2. The fourth-order valence-corrected chi connectivity index (χ4v) is 5.36. The van der Waals surface area contributed by atoms with E-state index in [0.29, 0.717) is 29.8 Å². The number of anilines is 1. The van der Waals surface area contributed by atoms with Crippen molar-refractivity contribution in [1.82, 2.24) is 18.7 Å². The summed E-state index contributed by atoms with van der Waals surface area (Å²) in [5.41, 5.74) is 3.44. The van der Waals surface area contributed by atoms with Gasteiger partial charge in [0.05, 0.1) is 6.21 Å². The fourth-order valence-electron chi connectivity index (χ4n) is 2.91. The summed E-state index contributed by atoms with van der Waals surface area (Å²) in [6.07, 6.45) is 7.63. The highest BCUT2D eigenvalue weighted by Gasteiger charge is 2.26. The maximum Gasteiger partial charge on any atom is 0.244 e. The average molecular weight is 425 g/mol. The largest absolute Gasteiger partial charge is 0.288 e. The van der Waals surface area contributed by atoms with E-state index in [-0.39, 0.29) is 4.90 Å². The number of hydrogen-bond acceptors (Lipinski definition) is 7. The molecule has 3 aromatic rings. The van der Waals surface area contributed by atoms with Gasteiger partial charge in [0.2, 0.25) is 10.0 Å². The van der Waals surface area contributed by atoms with Crippen LogP contribution in [-0.4, -0.2) is 46.4 Å². The van der Waals surface area contributed by atoms with Gasteiger partial charge in [-0.1, -0.05) is 18.0 Å². The van der Waals surface area contributed by atoms with Crippen LogP contribution in [0.5, 0.6) is 0 Å². The zero-order valence-electron chi connectivity index (χ0n) is 14.2. The van der Waals surface area contributed by atoms with Crippen LogP contribution in [-0.2, 0) is 10.0 Å². The normalized spacial score (nSPS) is 16.3. The lowest BCUT2D eigenvalue weighted by molar-refractivity contribution is 0.346. The quantitative estimate of drug-likeness (QED) is 0.502. The molecular weight excluding hydrogens is 408 g/mol. The maximum absolute atomic E-state index is 12.6. The molecule has 0 aromatic carbocycles. The van der Waals surface area contributed by atoms with Crippen molar-refractivity contribution in [1.29, 1.82) is 0 Å². The standard InChI is InChI=1S/C16H17ClN6O2S2/c17-15-13(23-8-9-26-16(23)20-15)11-19-21-14-5-4-12(10-18-14)27(24,25)22-6-2-1-3-7-22/h4-5,8-11H,1-3,6-7H2,(H,18,21)/b19-11+. The molecule has 0 unspecified atom stereocenters. The number of piperidine rings is 1. The lowest BCUT2D eigenvalue weighted by atomic mass is 10.2. The van der Waals surface area contributed by atoms with Gasteiger partial charge in [-0.2, -0.15) is 9.41 Å². The molecule has 1 N–H and O–H groups in total. The van der Waals surface area contributed by atoms with Gasteiger partial charge in [0.15, 0.2) is 10.1 Å². The lowest BCUT2D eigenvalue weighted by Crippen LogP contribution is -2.35. The first-order valence-electron chi connectivity index (χ1n) is 8.42. The van der Waals surface area contributed by atoms with Gasteiger partial charge in [-0.25, -0.2) is 18.4 Å². The molecule has 0 radical (unpaired) electrons. The number of aromatic nitrogens is 3. The van der Waals surface area contributed by atoms with Crippen molar-refractivity contribution in [2.24, 2.45) is 5.10 Å². The first-order chi connectivity index (χ1) is 13.1. The minimum Gasteiger partial charge on any atom is -0.288 e. The zero-order valence-corrected chi connectivity index (χ0v) is 16.6. The summed E-state index contributed by atoms with van der Waals surface area (Å²) in [6.45, 7) is 1.13. The highest BCUT2D eigenvalue weighted by Crippen LogP contribution is 2.21. The van der Waals surface area contributed by atoms with Gasteiger partial charge < -0.3 is 0 Å². The van der Waals surface area contributed by atoms with Crippen molar-refractivity contribution in [2.75, 3.05) is 18.5 Å². The predicted octanol–water partition coefficient (Wildman–Crippen LogP) is 3.06. The van der Waals surface area contributed by atoms with E-state index < -0.39 is 10.0 Å². The van der Waals surface area contributed by atoms with Crippen LogP contribution in [0.1, 0.15) is 25.0 Å². The van der Waals surface area contributed by atoms with E-state index in [1.54, 1.807) is 12.3 Å². The monoisotopic (exact) mass is 424 g/mol. The molecule has 0 amide bonds. The summed E-state index contributed by atoms with van der Waals surface area (Å²) in [5.74, 6) is 0.436. The average Bonchev–Trinajstić information content (AvgIpc) is 3.25. The molecule has 0 spiro atoms. The fraction of sp³-hybridized carbons (Fsp3) is 0.312. The molecule has 142 valence electrons. The summed E-state index contributed by atoms with van der Waals surface area (Å²) in [7, 11) is -3.48. The molecule has 0 aliphatic carbocycles. The summed E-state index contributed by atoms with van der Waals surface area (Å²) >= 11 is 7.58. The van der Waals surface area contributed by atoms with Crippen molar-refractivity contribution in [3.05, 3.63) is 40.8 Å². The van der Waals surface area contributed by atoms with E-state index in [9.17, 15) is 8.42 Å². The van der Waals surface area contributed by atoms with Crippen molar-refractivity contribution < 1.29 is 8.42 Å². The van der Waals surface area contributed by atoms with Crippen LogP contribution in [0.2, 0.25) is 5.15 Å². The molecule has 4 rings (SSSR count). The second kappa shape index (κ2) is 7.55. The topological polar surface area (TPSA) is 92.0 Å². The second-order valence-electron chi connectivity index (χ2n) is 6.06. The third-order valence-corrected chi connectivity index (χ3v) is 7.23. The van der Waals surface area contributed by atoms with E-state index in [4.69, 9.17) is 11.6 Å². The lowest BCUT2D eigenvalue weighted by Gasteiger charge is -2.25. The Morgan fingerprint density at radius 1 is 1.26 bits per heavy atom. The number of hydrogen-bond donors (Lipinski definition) is 1. The molecule has 0 atom stereocenters. The van der Waals surface area contributed by atoms with Crippen LogP contribution >= 0.6 is 22.9 Å². The molecule has 1 fully saturated rings. The second-order valence-corrected chi connectivity index (χ2v) is 9.23. The van der Waals surface area contributed by atoms with E-state index >= 15 is 0 Å². The molecule has 3 aromatic heterocycles. The maximum atomic E-state index is 12.6. The van der Waals surface area contributed by atoms with Gasteiger partial charge >= 0.3 is 0 Å². The number of fused-ring (bicyclic) bond motifs is 1. The van der Waals surface area contributed by atoms with Crippen LogP contribution < -0.4 is 5.43 Å². The molecule has 4 heterocycles. The molecule has 1 saturated heterocycles. The molecule has 8 nitrogen and oxygen atoms in total. The number of imidazole rings is 1. The van der Waals surface area contributed by atoms with E-state index in [0.717, 1.165) is 24.2 Å². The molecule has 11 heteroatoms. The van der Waals surface area contributed by atoms with Crippen molar-refractivity contribution in [2.45, 2.75) is 24.2 Å². The van der Waals surface area contributed by atoms with Gasteiger partial charge in [0, 0.05) is 30.9 Å². The van der Waals surface area contributed by atoms with Gasteiger partial charge in [0.1, 0.15) is 16.4 Å². The Kier molecular flexibility index (Phi) is 5.13. The number of rotatable bonds is 5. The number of nitrogens with zero attached hydrogens (tertiary/aromatic N) is 5. The SMILES string of the molecule is O=S(=O)(c1ccc(N/N=C/c2c(Cl)nc3sccn23)nc1)N1CCCCC1. The summed E-state index contributed by atoms with van der Waals surface area (Å²) < 4.78 is 28.6. The Hall–Kier alpha value is -2.01. The summed E-state index contributed by atoms with van der Waals surface area (Å²) in [4.78, 5) is 9.35. The highest BCUT2D eigenvalue weighted by atomic mass is 35.5. The molecule has 27 heavy (non-hydrogen) atoms. The predicted molar refractivity (Wildman–Crippen MR) is 106 cm³/mol. The first-order valence-corrected chi connectivity index (χ1v) is 11.1. The van der Waals surface area contributed by atoms with Crippen molar-refractivity contribution >= 4 is 50.0 Å². The van der Waals surface area contributed by atoms with Gasteiger partial charge in [0.25, 0.3) is 0 Å². The van der Waals surface area contributed by atoms with Crippen molar-refractivity contribution in [3.8, 4) is 0 Å². The number of sulfonamides is 1. The minimum atomic E-state index is -3.48. The zero-order chi connectivity index (χ0) is 18.9. The summed E-state index contributed by atoms with van der Waals surface area (Å²) in [5, 5.41) is 6.39. The first kappa shape index (κ1) is 18.4.